The summed E-state index contributed by atoms with van der Waals surface area (Å²) in [5, 5.41) is 38.7. The molecule has 1 aromatic carbocycles. The molecular weight excluding hydrogens is 212 g/mol. The normalized spacial score (nSPS) is 38.9. The van der Waals surface area contributed by atoms with Gasteiger partial charge in [0.25, 0.3) is 0 Å². The molecule has 1 heterocycles. The monoisotopic (exact) mass is 226 g/mol. The highest BCUT2D eigenvalue weighted by atomic mass is 16.7. The molecule has 5 heteroatoms. The fraction of sp³-hybridized carbons (Fsp3) is 0.455. The molecule has 0 unspecified atom stereocenters. The molecule has 1 fully saturated rings. The zero-order valence-electron chi connectivity index (χ0n) is 8.52. The number of aliphatic hydroxyl groups excluding tert-OH is 3. The Morgan fingerprint density at radius 1 is 1.19 bits per heavy atom. The van der Waals surface area contributed by atoms with Gasteiger partial charge in [-0.3, -0.25) is 0 Å². The number of aliphatic hydroxyl groups is 4. The maximum absolute atomic E-state index is 10.3. The minimum absolute atomic E-state index is 0.353. The second-order valence-electron chi connectivity index (χ2n) is 3.85. The van der Waals surface area contributed by atoms with Gasteiger partial charge in [-0.15, -0.1) is 0 Å². The van der Waals surface area contributed by atoms with Crippen LogP contribution in [0.5, 0.6) is 0 Å². The van der Waals surface area contributed by atoms with Crippen LogP contribution < -0.4 is 0 Å². The van der Waals surface area contributed by atoms with Crippen molar-refractivity contribution in [2.75, 3.05) is 6.61 Å². The van der Waals surface area contributed by atoms with Gasteiger partial charge >= 0.3 is 0 Å². The maximum Gasteiger partial charge on any atom is 0.191 e. The second-order valence-corrected chi connectivity index (χ2v) is 3.85. The van der Waals surface area contributed by atoms with Gasteiger partial charge in [0.1, 0.15) is 12.2 Å². The molecular formula is C11H14O5. The second kappa shape index (κ2) is 4.12. The fourth-order valence-electron chi connectivity index (χ4n) is 1.93. The third-order valence-electron chi connectivity index (χ3n) is 2.90. The predicted octanol–water partition coefficient (Wildman–Crippen LogP) is -1.06. The van der Waals surface area contributed by atoms with E-state index in [4.69, 9.17) is 9.84 Å². The average molecular weight is 226 g/mol. The van der Waals surface area contributed by atoms with E-state index in [1.807, 2.05) is 0 Å². The quantitative estimate of drug-likeness (QED) is 0.516. The Hall–Kier alpha value is -0.980. The summed E-state index contributed by atoms with van der Waals surface area (Å²) in [6, 6.07) is 8.27. The summed E-state index contributed by atoms with van der Waals surface area (Å²) in [6.07, 6.45) is -3.91. The molecule has 0 bridgehead atoms. The molecule has 0 aliphatic carbocycles. The van der Waals surface area contributed by atoms with Gasteiger partial charge in [0.2, 0.25) is 0 Å². The molecule has 0 radical (unpaired) electrons. The van der Waals surface area contributed by atoms with Gasteiger partial charge in [0.15, 0.2) is 11.9 Å². The van der Waals surface area contributed by atoms with Crippen LogP contribution >= 0.6 is 0 Å². The van der Waals surface area contributed by atoms with Gasteiger partial charge < -0.3 is 25.2 Å². The highest BCUT2D eigenvalue weighted by molar-refractivity contribution is 5.26. The first-order valence-corrected chi connectivity index (χ1v) is 5.01. The molecule has 4 atom stereocenters. The number of rotatable bonds is 2. The number of ether oxygens (including phenoxy) is 1. The van der Waals surface area contributed by atoms with E-state index < -0.39 is 30.7 Å². The molecule has 16 heavy (non-hydrogen) atoms. The van der Waals surface area contributed by atoms with Crippen molar-refractivity contribution in [3.63, 3.8) is 0 Å². The Balaban J connectivity index is 2.38. The van der Waals surface area contributed by atoms with E-state index in [0.717, 1.165) is 0 Å². The van der Waals surface area contributed by atoms with Crippen molar-refractivity contribution in [1.29, 1.82) is 0 Å². The lowest BCUT2D eigenvalue weighted by Gasteiger charge is -2.28. The van der Waals surface area contributed by atoms with Crippen LogP contribution in [0.15, 0.2) is 30.3 Å². The van der Waals surface area contributed by atoms with E-state index in [1.165, 1.54) is 0 Å². The van der Waals surface area contributed by atoms with E-state index in [-0.39, 0.29) is 0 Å². The Morgan fingerprint density at radius 2 is 1.81 bits per heavy atom. The molecule has 88 valence electrons. The van der Waals surface area contributed by atoms with Crippen LogP contribution in [-0.4, -0.2) is 45.5 Å². The summed E-state index contributed by atoms with van der Waals surface area (Å²) in [7, 11) is 0. The lowest BCUT2D eigenvalue weighted by atomic mass is 9.87. The molecule has 1 saturated heterocycles. The zero-order valence-corrected chi connectivity index (χ0v) is 8.52. The molecule has 1 aromatic rings. The Kier molecular flexibility index (Phi) is 2.96. The van der Waals surface area contributed by atoms with Crippen molar-refractivity contribution in [2.24, 2.45) is 0 Å². The predicted molar refractivity (Wildman–Crippen MR) is 54.3 cm³/mol. The standard InChI is InChI=1S/C11H14O5/c12-6-8-9(13)11(15,10(14)16-8)7-4-2-1-3-5-7/h1-5,8-10,12-15H,6H2/t8-,9+,10-,11-/m1/s1. The summed E-state index contributed by atoms with van der Waals surface area (Å²) in [5.41, 5.74) is -1.54. The molecule has 2 rings (SSSR count). The third-order valence-corrected chi connectivity index (χ3v) is 2.90. The molecule has 4 N–H and O–H groups in total. The SMILES string of the molecule is OC[C@H]1O[C@@H](O)[C@@](O)(c2ccccc2)[C@H]1O. The first kappa shape index (κ1) is 11.5. The van der Waals surface area contributed by atoms with Crippen LogP contribution in [0.4, 0.5) is 0 Å². The van der Waals surface area contributed by atoms with Crippen molar-refractivity contribution in [3.05, 3.63) is 35.9 Å². The number of hydrogen-bond donors (Lipinski definition) is 4. The molecule has 1 aliphatic heterocycles. The first-order valence-electron chi connectivity index (χ1n) is 5.01. The highest BCUT2D eigenvalue weighted by Crippen LogP contribution is 2.38. The first-order chi connectivity index (χ1) is 7.60. The van der Waals surface area contributed by atoms with Gasteiger partial charge in [-0.25, -0.2) is 0 Å². The van der Waals surface area contributed by atoms with Crippen LogP contribution in [0, 0.1) is 0 Å². The molecule has 0 saturated carbocycles. The topological polar surface area (TPSA) is 90.2 Å². The van der Waals surface area contributed by atoms with Gasteiger partial charge in [0.05, 0.1) is 6.61 Å². The molecule has 0 aromatic heterocycles. The van der Waals surface area contributed by atoms with Crippen LogP contribution in [0.3, 0.4) is 0 Å². The van der Waals surface area contributed by atoms with Gasteiger partial charge in [-0.05, 0) is 5.56 Å². The van der Waals surface area contributed by atoms with E-state index in [2.05, 4.69) is 0 Å². The summed E-state index contributed by atoms with van der Waals surface area (Å²) >= 11 is 0. The van der Waals surface area contributed by atoms with Crippen LogP contribution in [0.2, 0.25) is 0 Å². The molecule has 5 nitrogen and oxygen atoms in total. The van der Waals surface area contributed by atoms with E-state index in [0.29, 0.717) is 5.56 Å². The lowest BCUT2D eigenvalue weighted by molar-refractivity contribution is -0.182. The summed E-state index contributed by atoms with van der Waals surface area (Å²) in [4.78, 5) is 0. The van der Waals surface area contributed by atoms with Crippen molar-refractivity contribution < 1.29 is 25.2 Å². The largest absolute Gasteiger partial charge is 0.394 e. The van der Waals surface area contributed by atoms with Gasteiger partial charge in [0, 0.05) is 0 Å². The third kappa shape index (κ3) is 1.53. The fourth-order valence-corrected chi connectivity index (χ4v) is 1.93. The Bertz CT molecular complexity index is 355. The summed E-state index contributed by atoms with van der Waals surface area (Å²) in [6.45, 7) is -0.465. The number of benzene rings is 1. The van der Waals surface area contributed by atoms with Gasteiger partial charge in [-0.1, -0.05) is 30.3 Å². The molecule has 0 amide bonds. The summed E-state index contributed by atoms with van der Waals surface area (Å²) < 4.78 is 4.90. The Morgan fingerprint density at radius 3 is 2.31 bits per heavy atom. The highest BCUT2D eigenvalue weighted by Gasteiger charge is 2.55. The van der Waals surface area contributed by atoms with Crippen molar-refractivity contribution in [2.45, 2.75) is 24.1 Å². The van der Waals surface area contributed by atoms with Crippen LogP contribution in [0.25, 0.3) is 0 Å². The van der Waals surface area contributed by atoms with Gasteiger partial charge in [-0.2, -0.15) is 0 Å². The average Bonchev–Trinajstić information content (AvgIpc) is 2.55. The van der Waals surface area contributed by atoms with Crippen LogP contribution in [-0.2, 0) is 10.3 Å². The number of hydrogen-bond acceptors (Lipinski definition) is 5. The zero-order chi connectivity index (χ0) is 11.8. The smallest absolute Gasteiger partial charge is 0.191 e. The van der Waals surface area contributed by atoms with E-state index in [1.54, 1.807) is 30.3 Å². The Labute approximate surface area is 92.5 Å². The van der Waals surface area contributed by atoms with Crippen molar-refractivity contribution in [3.8, 4) is 0 Å². The lowest BCUT2D eigenvalue weighted by Crippen LogP contribution is -2.45. The van der Waals surface area contributed by atoms with E-state index >= 15 is 0 Å². The molecule has 1 aliphatic rings. The maximum atomic E-state index is 10.3. The minimum atomic E-state index is -1.89. The van der Waals surface area contributed by atoms with Crippen molar-refractivity contribution in [1.82, 2.24) is 0 Å². The summed E-state index contributed by atoms with van der Waals surface area (Å²) in [5.74, 6) is 0. The minimum Gasteiger partial charge on any atom is -0.394 e. The molecule has 0 spiro atoms. The van der Waals surface area contributed by atoms with Crippen molar-refractivity contribution >= 4 is 0 Å². The van der Waals surface area contributed by atoms with E-state index in [9.17, 15) is 15.3 Å². The van der Waals surface area contributed by atoms with Crippen LogP contribution in [0.1, 0.15) is 5.56 Å².